The van der Waals surface area contributed by atoms with Crippen molar-refractivity contribution in [2.45, 2.75) is 29.1 Å². The van der Waals surface area contributed by atoms with Crippen molar-refractivity contribution < 1.29 is 22.1 Å². The van der Waals surface area contributed by atoms with Crippen molar-refractivity contribution in [1.82, 2.24) is 9.97 Å². The maximum Gasteiger partial charge on any atom is 0.456 e. The van der Waals surface area contributed by atoms with Gasteiger partial charge in [0.1, 0.15) is 11.3 Å². The first kappa shape index (κ1) is 20.6. The normalized spacial score (nSPS) is 14.5. The van der Waals surface area contributed by atoms with E-state index in [-0.39, 0.29) is 28.5 Å². The fourth-order valence-electron chi connectivity index (χ4n) is 2.49. The first-order chi connectivity index (χ1) is 13.2. The highest BCUT2D eigenvalue weighted by atomic mass is 32.2. The number of halogens is 3. The molecule has 0 bridgehead atoms. The molecular formula is C17H17F3N4O2S2. The number of hydrogen-bond donors (Lipinski definition) is 1. The summed E-state index contributed by atoms with van der Waals surface area (Å²) >= 11 is -1.37. The lowest BCUT2D eigenvalue weighted by atomic mass is 10.3. The maximum absolute atomic E-state index is 13.3. The van der Waals surface area contributed by atoms with Crippen LogP contribution in [0.25, 0.3) is 22.7 Å². The summed E-state index contributed by atoms with van der Waals surface area (Å²) in [4.78, 5) is 8.80. The Bertz CT molecular complexity index is 1040. The molecule has 2 unspecified atom stereocenters. The molecule has 0 amide bonds. The molecule has 3 aromatic rings. The van der Waals surface area contributed by atoms with E-state index >= 15 is 0 Å². The molecule has 2 heterocycles. The molecule has 0 radical (unpaired) electrons. The van der Waals surface area contributed by atoms with Crippen LogP contribution in [0.1, 0.15) is 13.8 Å². The third kappa shape index (κ3) is 4.15. The van der Waals surface area contributed by atoms with E-state index in [0.29, 0.717) is 21.9 Å². The molecule has 0 saturated carbocycles. The Hall–Kier alpha value is -2.11. The quantitative estimate of drug-likeness (QED) is 0.608. The largest absolute Gasteiger partial charge is 0.611 e. The Balaban J connectivity index is 2.11. The Morgan fingerprint density at radius 3 is 2.68 bits per heavy atom. The number of anilines is 1. The topological polar surface area (TPSA) is 100 Å². The van der Waals surface area contributed by atoms with Crippen LogP contribution in [-0.4, -0.2) is 32.3 Å². The molecule has 11 heteroatoms. The van der Waals surface area contributed by atoms with Crippen molar-refractivity contribution in [3.05, 3.63) is 30.5 Å². The van der Waals surface area contributed by atoms with E-state index in [0.717, 1.165) is 0 Å². The van der Waals surface area contributed by atoms with Crippen LogP contribution in [0.2, 0.25) is 0 Å². The fourth-order valence-corrected chi connectivity index (χ4v) is 4.66. The number of benzene rings is 1. The van der Waals surface area contributed by atoms with Crippen LogP contribution in [0.5, 0.6) is 0 Å². The van der Waals surface area contributed by atoms with E-state index < -0.39 is 27.4 Å². The van der Waals surface area contributed by atoms with Crippen LogP contribution < -0.4 is 5.73 Å². The van der Waals surface area contributed by atoms with E-state index in [2.05, 4.69) is 14.3 Å². The number of nitrogens with zero attached hydrogens (tertiary/aromatic N) is 3. The van der Waals surface area contributed by atoms with Gasteiger partial charge in [-0.2, -0.15) is 13.2 Å². The lowest BCUT2D eigenvalue weighted by molar-refractivity contribution is -0.0357. The molecule has 0 aliphatic rings. The maximum atomic E-state index is 13.3. The van der Waals surface area contributed by atoms with Gasteiger partial charge in [0.25, 0.3) is 5.89 Å². The first-order valence-electron chi connectivity index (χ1n) is 8.28. The third-order valence-electron chi connectivity index (χ3n) is 3.64. The SMILES string of the molecule is CC/N=S(\c1ccc2oc(-c3ncc(N)cc3[S+]([O-])CC)nc2c1)C(F)(F)F. The van der Waals surface area contributed by atoms with Crippen LogP contribution in [0.4, 0.5) is 18.9 Å². The van der Waals surface area contributed by atoms with Gasteiger partial charge in [0.05, 0.1) is 11.9 Å². The van der Waals surface area contributed by atoms with E-state index in [4.69, 9.17) is 10.2 Å². The van der Waals surface area contributed by atoms with Gasteiger partial charge in [-0.15, -0.1) is 0 Å². The molecule has 0 aliphatic carbocycles. The molecule has 3 rings (SSSR count). The van der Waals surface area contributed by atoms with Gasteiger partial charge in [0, 0.05) is 28.2 Å². The number of aromatic nitrogens is 2. The zero-order chi connectivity index (χ0) is 20.5. The highest BCUT2D eigenvalue weighted by Crippen LogP contribution is 2.33. The van der Waals surface area contributed by atoms with Crippen molar-refractivity contribution >= 4 is 38.7 Å². The molecule has 2 aromatic heterocycles. The molecule has 0 fully saturated rings. The van der Waals surface area contributed by atoms with Crippen LogP contribution in [-0.2, 0) is 21.9 Å². The first-order valence-corrected chi connectivity index (χ1v) is 10.8. The number of nitrogens with two attached hydrogens (primary N) is 1. The van der Waals surface area contributed by atoms with Crippen LogP contribution in [0.3, 0.4) is 0 Å². The molecule has 0 saturated heterocycles. The van der Waals surface area contributed by atoms with Crippen molar-refractivity contribution in [3.63, 3.8) is 0 Å². The average molecular weight is 430 g/mol. The number of nitrogen functional groups attached to an aromatic ring is 1. The molecule has 2 atom stereocenters. The minimum absolute atomic E-state index is 0.00400. The Morgan fingerprint density at radius 1 is 1.29 bits per heavy atom. The number of rotatable bonds is 5. The highest BCUT2D eigenvalue weighted by molar-refractivity contribution is 7.91. The van der Waals surface area contributed by atoms with Gasteiger partial charge in [-0.25, -0.2) is 9.97 Å². The molecule has 0 spiro atoms. The number of hydrogen-bond acceptors (Lipinski definition) is 6. The minimum atomic E-state index is -4.47. The van der Waals surface area contributed by atoms with Gasteiger partial charge in [0.15, 0.2) is 16.2 Å². The summed E-state index contributed by atoms with van der Waals surface area (Å²) in [5.41, 5.74) is 2.39. The van der Waals surface area contributed by atoms with Crippen molar-refractivity contribution in [1.29, 1.82) is 0 Å². The lowest BCUT2D eigenvalue weighted by Crippen LogP contribution is -2.16. The number of pyridine rings is 1. The molecule has 150 valence electrons. The number of alkyl halides is 3. The molecule has 6 nitrogen and oxygen atoms in total. The summed E-state index contributed by atoms with van der Waals surface area (Å²) in [6.07, 6.45) is 1.38. The van der Waals surface area contributed by atoms with Gasteiger partial charge in [-0.1, -0.05) is 0 Å². The third-order valence-corrected chi connectivity index (χ3v) is 6.63. The van der Waals surface area contributed by atoms with E-state index in [1.54, 1.807) is 13.8 Å². The van der Waals surface area contributed by atoms with Gasteiger partial charge >= 0.3 is 5.51 Å². The summed E-state index contributed by atoms with van der Waals surface area (Å²) in [5, 5.41) is 0. The molecule has 28 heavy (non-hydrogen) atoms. The second-order valence-electron chi connectivity index (χ2n) is 5.57. The second kappa shape index (κ2) is 8.10. The Kier molecular flexibility index (Phi) is 5.96. The van der Waals surface area contributed by atoms with Crippen LogP contribution in [0.15, 0.2) is 49.0 Å². The zero-order valence-electron chi connectivity index (χ0n) is 15.0. The minimum Gasteiger partial charge on any atom is -0.611 e. The standard InChI is InChI=1S/C17H17F3N4O2S2/c1-3-23-28(17(18,19)20)11-5-6-13-12(8-11)24-16(26-13)15-14(27(25)4-2)7-10(21)9-22-15/h5-9H,3-4,21H2,1-2H3. The summed E-state index contributed by atoms with van der Waals surface area (Å²) < 4.78 is 61.5. The molecule has 2 N–H and O–H groups in total. The van der Waals surface area contributed by atoms with Gasteiger partial charge in [-0.3, -0.25) is 4.36 Å². The summed E-state index contributed by atoms with van der Waals surface area (Å²) in [5.74, 6) is 0.415. The molecular weight excluding hydrogens is 413 g/mol. The smallest absolute Gasteiger partial charge is 0.456 e. The Labute approximate surface area is 164 Å². The highest BCUT2D eigenvalue weighted by Gasteiger charge is 2.35. The summed E-state index contributed by atoms with van der Waals surface area (Å²) in [6, 6.07) is 5.59. The van der Waals surface area contributed by atoms with Gasteiger partial charge in [0.2, 0.25) is 0 Å². The average Bonchev–Trinajstić information content (AvgIpc) is 3.07. The van der Waals surface area contributed by atoms with E-state index in [1.807, 2.05) is 0 Å². The monoisotopic (exact) mass is 430 g/mol. The number of fused-ring (bicyclic) bond motifs is 1. The van der Waals surface area contributed by atoms with Crippen molar-refractivity contribution in [2.75, 3.05) is 18.0 Å². The molecule has 1 aromatic carbocycles. The Morgan fingerprint density at radius 2 is 2.04 bits per heavy atom. The predicted octanol–water partition coefficient (Wildman–Crippen LogP) is 4.30. The predicted molar refractivity (Wildman–Crippen MR) is 103 cm³/mol. The summed E-state index contributed by atoms with van der Waals surface area (Å²) in [7, 11) is -2.25. The number of oxazole rings is 1. The zero-order valence-corrected chi connectivity index (χ0v) is 16.6. The van der Waals surface area contributed by atoms with Gasteiger partial charge in [-0.05, 0) is 43.2 Å². The van der Waals surface area contributed by atoms with Gasteiger partial charge < -0.3 is 14.7 Å². The van der Waals surface area contributed by atoms with Crippen molar-refractivity contribution in [2.24, 2.45) is 4.36 Å². The summed E-state index contributed by atoms with van der Waals surface area (Å²) in [6.45, 7) is 3.35. The van der Waals surface area contributed by atoms with E-state index in [1.165, 1.54) is 30.5 Å². The fraction of sp³-hybridized carbons (Fsp3) is 0.294. The van der Waals surface area contributed by atoms with Crippen molar-refractivity contribution in [3.8, 4) is 11.6 Å². The molecule has 0 aliphatic heterocycles. The van der Waals surface area contributed by atoms with Crippen LogP contribution >= 0.6 is 0 Å². The lowest BCUT2D eigenvalue weighted by Gasteiger charge is -2.11. The van der Waals surface area contributed by atoms with Crippen LogP contribution in [0, 0.1) is 0 Å². The van der Waals surface area contributed by atoms with E-state index in [9.17, 15) is 17.7 Å². The second-order valence-corrected chi connectivity index (χ2v) is 9.04.